The quantitative estimate of drug-likeness (QED) is 0.263. The fourth-order valence-corrected chi connectivity index (χ4v) is 10.8. The number of allylic oxidation sites excluding steroid dienone is 1. The molecular formula is C33H56O4Si. The van der Waals surface area contributed by atoms with Crippen molar-refractivity contribution in [3.63, 3.8) is 0 Å². The number of hydrogen-bond donors (Lipinski definition) is 1. The Morgan fingerprint density at radius 1 is 1.13 bits per heavy atom. The van der Waals surface area contributed by atoms with Gasteiger partial charge in [-0.3, -0.25) is 4.79 Å². The van der Waals surface area contributed by atoms with Gasteiger partial charge in [-0.25, -0.2) is 0 Å². The average molecular weight is 545 g/mol. The lowest BCUT2D eigenvalue weighted by atomic mass is 9.46. The van der Waals surface area contributed by atoms with Gasteiger partial charge in [-0.05, 0) is 106 Å². The largest absolute Gasteiger partial charge is 0.411 e. The lowest BCUT2D eigenvalue weighted by molar-refractivity contribution is -0.134. The van der Waals surface area contributed by atoms with Crippen LogP contribution in [0.4, 0.5) is 0 Å². The molecule has 5 rings (SSSR count). The van der Waals surface area contributed by atoms with E-state index in [-0.39, 0.29) is 40.1 Å². The predicted molar refractivity (Wildman–Crippen MR) is 156 cm³/mol. The van der Waals surface area contributed by atoms with Crippen molar-refractivity contribution >= 4 is 14.1 Å². The van der Waals surface area contributed by atoms with Crippen LogP contribution in [0.1, 0.15) is 107 Å². The van der Waals surface area contributed by atoms with Gasteiger partial charge in [0.15, 0.2) is 14.1 Å². The molecule has 0 aromatic heterocycles. The molecule has 1 N–H and O–H groups in total. The zero-order valence-corrected chi connectivity index (χ0v) is 27.0. The monoisotopic (exact) mass is 544 g/mol. The van der Waals surface area contributed by atoms with Gasteiger partial charge in [-0.1, -0.05) is 60.0 Å². The van der Waals surface area contributed by atoms with E-state index in [1.807, 2.05) is 13.8 Å². The molecule has 5 heteroatoms. The molecule has 4 aliphatic carbocycles. The summed E-state index contributed by atoms with van der Waals surface area (Å²) in [5.74, 6) is 2.77. The van der Waals surface area contributed by atoms with Gasteiger partial charge in [-0.2, -0.15) is 0 Å². The maximum atomic E-state index is 14.0. The third-order valence-electron chi connectivity index (χ3n) is 12.7. The van der Waals surface area contributed by atoms with Crippen LogP contribution in [-0.4, -0.2) is 43.1 Å². The molecule has 0 unspecified atom stereocenters. The highest BCUT2D eigenvalue weighted by molar-refractivity contribution is 6.74. The van der Waals surface area contributed by atoms with Crippen LogP contribution in [-0.2, 0) is 14.0 Å². The number of hydrogen-bond acceptors (Lipinski definition) is 4. The molecule has 0 radical (unpaired) electrons. The maximum absolute atomic E-state index is 14.0. The van der Waals surface area contributed by atoms with Crippen molar-refractivity contribution in [2.24, 2.45) is 40.4 Å². The maximum Gasteiger partial charge on any atom is 0.192 e. The van der Waals surface area contributed by atoms with Crippen molar-refractivity contribution in [2.45, 2.75) is 149 Å². The van der Waals surface area contributed by atoms with E-state index in [4.69, 9.17) is 9.16 Å². The van der Waals surface area contributed by atoms with Gasteiger partial charge < -0.3 is 14.3 Å². The summed E-state index contributed by atoms with van der Waals surface area (Å²) in [4.78, 5) is 14.0. The van der Waals surface area contributed by atoms with Gasteiger partial charge in [0.1, 0.15) is 6.10 Å². The molecule has 0 amide bonds. The summed E-state index contributed by atoms with van der Waals surface area (Å²) in [5, 5.41) is 10.3. The highest BCUT2D eigenvalue weighted by Gasteiger charge is 2.69. The first-order chi connectivity index (χ1) is 17.4. The second-order valence-corrected chi connectivity index (χ2v) is 21.4. The molecule has 216 valence electrons. The van der Waals surface area contributed by atoms with Crippen LogP contribution < -0.4 is 0 Å². The molecule has 0 aromatic carbocycles. The van der Waals surface area contributed by atoms with E-state index in [2.05, 4.69) is 60.7 Å². The number of epoxide rings is 1. The highest BCUT2D eigenvalue weighted by Crippen LogP contribution is 2.69. The summed E-state index contributed by atoms with van der Waals surface area (Å²) in [7, 11) is -1.91. The van der Waals surface area contributed by atoms with Gasteiger partial charge in [0, 0.05) is 11.3 Å². The van der Waals surface area contributed by atoms with Crippen LogP contribution in [0.15, 0.2) is 11.6 Å². The molecule has 0 aromatic rings. The van der Waals surface area contributed by atoms with Crippen LogP contribution in [0.3, 0.4) is 0 Å². The summed E-state index contributed by atoms with van der Waals surface area (Å²) < 4.78 is 13.4. The topological polar surface area (TPSA) is 59.1 Å². The first kappa shape index (κ1) is 29.0. The summed E-state index contributed by atoms with van der Waals surface area (Å²) in [6, 6.07) is 0. The number of aliphatic hydroxyl groups is 1. The lowest BCUT2D eigenvalue weighted by Crippen LogP contribution is -2.57. The van der Waals surface area contributed by atoms with Crippen LogP contribution in [0.2, 0.25) is 18.1 Å². The smallest absolute Gasteiger partial charge is 0.192 e. The molecule has 3 saturated carbocycles. The van der Waals surface area contributed by atoms with E-state index in [9.17, 15) is 9.90 Å². The average Bonchev–Trinajstić information content (AvgIpc) is 3.50. The fraction of sp³-hybridized carbons (Fsp3) is 0.909. The van der Waals surface area contributed by atoms with Gasteiger partial charge >= 0.3 is 0 Å². The third-order valence-corrected chi connectivity index (χ3v) is 17.2. The molecule has 10 atom stereocenters. The van der Waals surface area contributed by atoms with E-state index < -0.39 is 13.9 Å². The van der Waals surface area contributed by atoms with E-state index in [0.717, 1.165) is 25.7 Å². The molecule has 38 heavy (non-hydrogen) atoms. The molecule has 0 bridgehead atoms. The van der Waals surface area contributed by atoms with Crippen molar-refractivity contribution < 1.29 is 19.1 Å². The SMILES string of the molecule is C[C@H](CCCC(C)(C)O)[C@H]1CC[C@H]2[C@@H]3C(=O)C=C4C[C@@H](O[Si](C)(C)C(C)(C)C)[C@@H]5O[C@@H]5[C@]4(C)[C@H]3CC[C@]12C. The molecule has 1 aliphatic heterocycles. The van der Waals surface area contributed by atoms with E-state index >= 15 is 0 Å². The highest BCUT2D eigenvalue weighted by atomic mass is 28.4. The number of ether oxygens (including phenoxy) is 1. The summed E-state index contributed by atoms with van der Waals surface area (Å²) in [5.41, 5.74) is 0.975. The summed E-state index contributed by atoms with van der Waals surface area (Å²) >= 11 is 0. The third kappa shape index (κ3) is 4.64. The Balaban J connectivity index is 1.34. The Kier molecular flexibility index (Phi) is 7.07. The van der Waals surface area contributed by atoms with Crippen molar-refractivity contribution in [3.8, 4) is 0 Å². The van der Waals surface area contributed by atoms with Gasteiger partial charge in [-0.15, -0.1) is 0 Å². The molecule has 1 heterocycles. The second kappa shape index (κ2) is 9.26. The summed E-state index contributed by atoms with van der Waals surface area (Å²) in [6.07, 6.45) is 11.4. The van der Waals surface area contributed by atoms with Gasteiger partial charge in [0.05, 0.1) is 17.8 Å². The molecule has 0 spiro atoms. The van der Waals surface area contributed by atoms with Crippen molar-refractivity contribution in [2.75, 3.05) is 0 Å². The van der Waals surface area contributed by atoms with Gasteiger partial charge in [0.25, 0.3) is 0 Å². The van der Waals surface area contributed by atoms with Crippen LogP contribution in [0.25, 0.3) is 0 Å². The van der Waals surface area contributed by atoms with Crippen LogP contribution >= 0.6 is 0 Å². The Morgan fingerprint density at radius 3 is 2.45 bits per heavy atom. The number of ketones is 1. The molecule has 4 fully saturated rings. The van der Waals surface area contributed by atoms with Crippen LogP contribution in [0, 0.1) is 40.4 Å². The van der Waals surface area contributed by atoms with Crippen molar-refractivity contribution in [1.82, 2.24) is 0 Å². The minimum atomic E-state index is -1.91. The molecular weight excluding hydrogens is 488 g/mol. The van der Waals surface area contributed by atoms with Crippen molar-refractivity contribution in [1.29, 1.82) is 0 Å². The zero-order chi connectivity index (χ0) is 28.1. The van der Waals surface area contributed by atoms with Crippen LogP contribution in [0.5, 0.6) is 0 Å². The molecule has 4 nitrogen and oxygen atoms in total. The Hall–Kier alpha value is -0.493. The number of fused-ring (bicyclic) bond motifs is 7. The van der Waals surface area contributed by atoms with Crippen molar-refractivity contribution in [3.05, 3.63) is 11.6 Å². The molecule has 5 aliphatic rings. The standard InChI is InChI=1S/C33H56O4Si/c1-20(12-11-16-31(5,6)35)22-13-14-23-27-24(15-17-32(22,23)7)33(8)21(18-25(27)34)19-26(28-29(33)36-28)37-38(9,10)30(2,3)4/h18,20,22-24,26-29,35H,11-17,19H2,1-10H3/t20-,22-,23+,24+,26-,27+,28+,29+,32-,33+/m1/s1. The van der Waals surface area contributed by atoms with E-state index in [1.54, 1.807) is 0 Å². The normalized spacial score (nSPS) is 43.5. The first-order valence-electron chi connectivity index (χ1n) is 15.7. The second-order valence-electron chi connectivity index (χ2n) is 16.6. The number of carbonyl (C=O) groups excluding carboxylic acids is 1. The minimum Gasteiger partial charge on any atom is -0.411 e. The summed E-state index contributed by atoms with van der Waals surface area (Å²) in [6.45, 7) is 22.8. The Labute approximate surface area is 233 Å². The van der Waals surface area contributed by atoms with E-state index in [1.165, 1.54) is 31.3 Å². The minimum absolute atomic E-state index is 0.0196. The zero-order valence-electron chi connectivity index (χ0n) is 26.0. The number of rotatable bonds is 7. The number of carbonyl (C=O) groups is 1. The fourth-order valence-electron chi connectivity index (χ4n) is 9.46. The predicted octanol–water partition coefficient (Wildman–Crippen LogP) is 7.70. The molecule has 1 saturated heterocycles. The first-order valence-corrected chi connectivity index (χ1v) is 18.6. The van der Waals surface area contributed by atoms with Gasteiger partial charge in [0.2, 0.25) is 0 Å². The Morgan fingerprint density at radius 2 is 1.82 bits per heavy atom. The lowest BCUT2D eigenvalue weighted by Gasteiger charge is -2.57. The Bertz CT molecular complexity index is 972. The van der Waals surface area contributed by atoms with E-state index in [0.29, 0.717) is 29.5 Å².